The number of piperidine rings is 1. The molecule has 0 bridgehead atoms. The van der Waals surface area contributed by atoms with Gasteiger partial charge in [0.1, 0.15) is 0 Å². The fourth-order valence-corrected chi connectivity index (χ4v) is 3.40. The van der Waals surface area contributed by atoms with Crippen LogP contribution >= 0.6 is 0 Å². The van der Waals surface area contributed by atoms with Crippen LogP contribution in [0.5, 0.6) is 0 Å². The summed E-state index contributed by atoms with van der Waals surface area (Å²) < 4.78 is 0. The minimum atomic E-state index is 0.563. The first-order chi connectivity index (χ1) is 8.34. The van der Waals surface area contributed by atoms with E-state index in [-0.39, 0.29) is 0 Å². The summed E-state index contributed by atoms with van der Waals surface area (Å²) >= 11 is 0. The Kier molecular flexibility index (Phi) is 3.23. The van der Waals surface area contributed by atoms with Crippen molar-refractivity contribution in [1.29, 1.82) is 0 Å². The zero-order valence-electron chi connectivity index (χ0n) is 10.8. The van der Waals surface area contributed by atoms with Crippen LogP contribution in [0.2, 0.25) is 0 Å². The minimum absolute atomic E-state index is 0.563. The number of guanidine groups is 1. The van der Waals surface area contributed by atoms with Crippen LogP contribution < -0.4 is 10.6 Å². The summed E-state index contributed by atoms with van der Waals surface area (Å²) in [7, 11) is 2.21. The van der Waals surface area contributed by atoms with Crippen molar-refractivity contribution in [3.63, 3.8) is 0 Å². The van der Waals surface area contributed by atoms with E-state index >= 15 is 0 Å². The van der Waals surface area contributed by atoms with Gasteiger partial charge in [-0.25, -0.2) is 4.99 Å². The van der Waals surface area contributed by atoms with Gasteiger partial charge < -0.3 is 15.5 Å². The largest absolute Gasteiger partial charge is 0.352 e. The molecule has 17 heavy (non-hydrogen) atoms. The molecule has 1 saturated heterocycles. The Hall–Kier alpha value is -0.770. The third kappa shape index (κ3) is 2.28. The van der Waals surface area contributed by atoms with Crippen molar-refractivity contribution in [2.45, 2.75) is 56.7 Å². The van der Waals surface area contributed by atoms with Gasteiger partial charge in [-0.05, 0) is 32.2 Å². The molecule has 3 atom stereocenters. The Labute approximate surface area is 104 Å². The summed E-state index contributed by atoms with van der Waals surface area (Å²) in [6.07, 6.45) is 7.88. The first-order valence-electron chi connectivity index (χ1n) is 7.12. The third-order valence-corrected chi connectivity index (χ3v) is 4.44. The van der Waals surface area contributed by atoms with Crippen LogP contribution in [0.1, 0.15) is 38.5 Å². The molecule has 1 saturated carbocycles. The molecule has 0 radical (unpaired) electrons. The Balaban J connectivity index is 1.62. The molecule has 4 nitrogen and oxygen atoms in total. The van der Waals surface area contributed by atoms with Crippen molar-refractivity contribution in [1.82, 2.24) is 15.5 Å². The summed E-state index contributed by atoms with van der Waals surface area (Å²) in [4.78, 5) is 7.28. The van der Waals surface area contributed by atoms with Crippen LogP contribution in [0.15, 0.2) is 4.99 Å². The average molecular weight is 236 g/mol. The molecule has 4 heteroatoms. The number of nitrogens with zero attached hydrogens (tertiary/aromatic N) is 2. The molecular formula is C13H24N4. The smallest absolute Gasteiger partial charge is 0.194 e. The first kappa shape index (κ1) is 11.3. The van der Waals surface area contributed by atoms with Crippen LogP contribution in [-0.2, 0) is 0 Å². The molecule has 2 heterocycles. The van der Waals surface area contributed by atoms with Crippen LogP contribution in [0, 0.1) is 0 Å². The molecule has 0 aromatic carbocycles. The molecule has 3 aliphatic rings. The van der Waals surface area contributed by atoms with E-state index < -0.39 is 0 Å². The number of hydrogen-bond acceptors (Lipinski definition) is 4. The maximum absolute atomic E-state index is 4.89. The molecule has 1 aliphatic carbocycles. The second-order valence-corrected chi connectivity index (χ2v) is 5.67. The van der Waals surface area contributed by atoms with E-state index in [4.69, 9.17) is 4.99 Å². The van der Waals surface area contributed by atoms with E-state index in [1.807, 2.05) is 0 Å². The molecule has 0 aromatic heterocycles. The predicted octanol–water partition coefficient (Wildman–Crippen LogP) is 0.941. The third-order valence-electron chi connectivity index (χ3n) is 4.44. The molecular weight excluding hydrogens is 212 g/mol. The van der Waals surface area contributed by atoms with E-state index in [0.29, 0.717) is 18.1 Å². The van der Waals surface area contributed by atoms with Crippen LogP contribution in [0.25, 0.3) is 0 Å². The molecule has 2 N–H and O–H groups in total. The summed E-state index contributed by atoms with van der Waals surface area (Å²) in [5.74, 6) is 1.15. The number of aliphatic imine (C=N–C) groups is 1. The Morgan fingerprint density at radius 1 is 1.24 bits per heavy atom. The van der Waals surface area contributed by atoms with E-state index in [9.17, 15) is 0 Å². The fraction of sp³-hybridized carbons (Fsp3) is 0.923. The lowest BCUT2D eigenvalue weighted by Crippen LogP contribution is -2.50. The fourth-order valence-electron chi connectivity index (χ4n) is 3.40. The standard InChI is InChI=1S/C13H24N4/c1-17-12-7-3-2-6-11(12)16-13(17)15-10-5-4-8-14-9-10/h10-12,14H,2-9H2,1H3,(H,15,16). The van der Waals surface area contributed by atoms with E-state index in [1.54, 1.807) is 0 Å². The molecule has 2 aliphatic heterocycles. The van der Waals surface area contributed by atoms with Gasteiger partial charge in [-0.2, -0.15) is 0 Å². The zero-order chi connectivity index (χ0) is 11.7. The minimum Gasteiger partial charge on any atom is -0.352 e. The highest BCUT2D eigenvalue weighted by molar-refractivity contribution is 5.82. The van der Waals surface area contributed by atoms with E-state index in [2.05, 4.69) is 22.6 Å². The van der Waals surface area contributed by atoms with Gasteiger partial charge in [0.25, 0.3) is 0 Å². The second-order valence-electron chi connectivity index (χ2n) is 5.67. The SMILES string of the molecule is CN1C(NC2CCCNC2)=NC2CCCCC21. The second kappa shape index (κ2) is 4.84. The maximum Gasteiger partial charge on any atom is 0.194 e. The summed E-state index contributed by atoms with van der Waals surface area (Å²) in [5.41, 5.74) is 0. The molecule has 0 aromatic rings. The Bertz CT molecular complexity index is 296. The van der Waals surface area contributed by atoms with Crippen molar-refractivity contribution in [3.05, 3.63) is 0 Å². The number of rotatable bonds is 1. The van der Waals surface area contributed by atoms with Crippen LogP contribution in [-0.4, -0.2) is 49.1 Å². The number of fused-ring (bicyclic) bond motifs is 1. The van der Waals surface area contributed by atoms with Gasteiger partial charge in [-0.1, -0.05) is 12.8 Å². The van der Waals surface area contributed by atoms with Gasteiger partial charge in [0.05, 0.1) is 12.1 Å². The summed E-state index contributed by atoms with van der Waals surface area (Å²) in [6, 6.07) is 1.81. The predicted molar refractivity (Wildman–Crippen MR) is 70.3 cm³/mol. The highest BCUT2D eigenvalue weighted by Gasteiger charge is 2.36. The quantitative estimate of drug-likeness (QED) is 0.712. The van der Waals surface area contributed by atoms with E-state index in [1.165, 1.54) is 45.1 Å². The van der Waals surface area contributed by atoms with Gasteiger partial charge in [-0.3, -0.25) is 0 Å². The Morgan fingerprint density at radius 3 is 2.88 bits per heavy atom. The molecule has 2 fully saturated rings. The van der Waals surface area contributed by atoms with Gasteiger partial charge in [0, 0.05) is 19.6 Å². The lowest BCUT2D eigenvalue weighted by molar-refractivity contribution is 0.270. The lowest BCUT2D eigenvalue weighted by atomic mass is 9.91. The summed E-state index contributed by atoms with van der Waals surface area (Å²) in [5, 5.41) is 7.09. The van der Waals surface area contributed by atoms with Crippen LogP contribution in [0.3, 0.4) is 0 Å². The molecule has 3 unspecified atom stereocenters. The first-order valence-corrected chi connectivity index (χ1v) is 7.12. The van der Waals surface area contributed by atoms with Gasteiger partial charge in [-0.15, -0.1) is 0 Å². The van der Waals surface area contributed by atoms with Crippen molar-refractivity contribution in [2.75, 3.05) is 20.1 Å². The van der Waals surface area contributed by atoms with Crippen molar-refractivity contribution < 1.29 is 0 Å². The van der Waals surface area contributed by atoms with Crippen molar-refractivity contribution in [3.8, 4) is 0 Å². The van der Waals surface area contributed by atoms with Gasteiger partial charge in [0.15, 0.2) is 5.96 Å². The molecule has 3 rings (SSSR count). The molecule has 0 amide bonds. The lowest BCUT2D eigenvalue weighted by Gasteiger charge is -2.32. The summed E-state index contributed by atoms with van der Waals surface area (Å²) in [6.45, 7) is 2.26. The van der Waals surface area contributed by atoms with E-state index in [0.717, 1.165) is 12.5 Å². The maximum atomic E-state index is 4.89. The zero-order valence-corrected chi connectivity index (χ0v) is 10.8. The Morgan fingerprint density at radius 2 is 2.12 bits per heavy atom. The molecule has 96 valence electrons. The van der Waals surface area contributed by atoms with Gasteiger partial charge >= 0.3 is 0 Å². The van der Waals surface area contributed by atoms with Crippen molar-refractivity contribution in [2.24, 2.45) is 4.99 Å². The highest BCUT2D eigenvalue weighted by Crippen LogP contribution is 2.29. The number of hydrogen-bond donors (Lipinski definition) is 2. The van der Waals surface area contributed by atoms with Crippen LogP contribution in [0.4, 0.5) is 0 Å². The number of nitrogens with one attached hydrogen (secondary N) is 2. The normalized spacial score (nSPS) is 37.6. The van der Waals surface area contributed by atoms with Gasteiger partial charge in [0.2, 0.25) is 0 Å². The molecule has 0 spiro atoms. The van der Waals surface area contributed by atoms with Crippen molar-refractivity contribution >= 4 is 5.96 Å². The monoisotopic (exact) mass is 236 g/mol. The highest BCUT2D eigenvalue weighted by atomic mass is 15.4. The number of likely N-dealkylation sites (N-methyl/N-ethyl adjacent to an activating group) is 1. The topological polar surface area (TPSA) is 39.7 Å². The average Bonchev–Trinajstić information content (AvgIpc) is 2.68.